The molecule has 4 nitrogen and oxygen atoms in total. The highest BCUT2D eigenvalue weighted by Crippen LogP contribution is 2.22. The van der Waals surface area contributed by atoms with Gasteiger partial charge < -0.3 is 14.9 Å². The first-order valence-electron chi connectivity index (χ1n) is 5.30. The second kappa shape index (κ2) is 6.02. The van der Waals surface area contributed by atoms with Crippen LogP contribution in [0.2, 0.25) is 0 Å². The van der Waals surface area contributed by atoms with Crippen molar-refractivity contribution in [2.24, 2.45) is 0 Å². The van der Waals surface area contributed by atoms with Crippen molar-refractivity contribution in [1.82, 2.24) is 9.80 Å². The number of benzene rings is 1. The number of carbonyl (C=O) groups excluding carboxylic acids is 1. The van der Waals surface area contributed by atoms with E-state index in [2.05, 4.69) is 15.9 Å². The monoisotopic (exact) mass is 300 g/mol. The first-order chi connectivity index (χ1) is 7.91. The van der Waals surface area contributed by atoms with Crippen molar-refractivity contribution < 1.29 is 9.90 Å². The van der Waals surface area contributed by atoms with Gasteiger partial charge in [-0.3, -0.25) is 4.79 Å². The van der Waals surface area contributed by atoms with Crippen molar-refractivity contribution in [3.8, 4) is 5.75 Å². The standard InChI is InChI=1S/C12H17BrN2O2/c1-14(2)6-7-15(3)12(17)10-8-9(13)4-5-11(10)16/h4-5,8,16H,6-7H2,1-3H3. The second-order valence-corrected chi connectivity index (χ2v) is 5.11. The Bertz CT molecular complexity index is 407. The summed E-state index contributed by atoms with van der Waals surface area (Å²) in [5, 5.41) is 9.65. The van der Waals surface area contributed by atoms with Crippen LogP contribution in [-0.4, -0.2) is 55.0 Å². The number of hydrogen-bond donors (Lipinski definition) is 1. The maximum absolute atomic E-state index is 12.1. The molecule has 5 heteroatoms. The third-order valence-corrected chi connectivity index (χ3v) is 2.91. The van der Waals surface area contributed by atoms with Gasteiger partial charge in [0.05, 0.1) is 5.56 Å². The molecule has 94 valence electrons. The number of halogens is 1. The van der Waals surface area contributed by atoms with Crippen LogP contribution in [0.3, 0.4) is 0 Å². The molecule has 1 aromatic carbocycles. The Morgan fingerprint density at radius 3 is 2.53 bits per heavy atom. The van der Waals surface area contributed by atoms with E-state index in [1.807, 2.05) is 19.0 Å². The van der Waals surface area contributed by atoms with Gasteiger partial charge in [0.25, 0.3) is 5.91 Å². The van der Waals surface area contributed by atoms with Crippen LogP contribution in [0.15, 0.2) is 22.7 Å². The molecule has 1 rings (SSSR count). The number of phenolic OH excluding ortho intramolecular Hbond substituents is 1. The first kappa shape index (κ1) is 14.0. The van der Waals surface area contributed by atoms with Gasteiger partial charge in [0.1, 0.15) is 5.75 Å². The SMILES string of the molecule is CN(C)CCN(C)C(=O)c1cc(Br)ccc1O. The molecule has 0 saturated carbocycles. The molecule has 17 heavy (non-hydrogen) atoms. The third-order valence-electron chi connectivity index (χ3n) is 2.42. The fourth-order valence-electron chi connectivity index (χ4n) is 1.34. The van der Waals surface area contributed by atoms with Crippen molar-refractivity contribution in [2.75, 3.05) is 34.2 Å². The second-order valence-electron chi connectivity index (χ2n) is 4.19. The maximum Gasteiger partial charge on any atom is 0.257 e. The van der Waals surface area contributed by atoms with Gasteiger partial charge in [-0.25, -0.2) is 0 Å². The number of amides is 1. The number of nitrogens with zero attached hydrogens (tertiary/aromatic N) is 2. The first-order valence-corrected chi connectivity index (χ1v) is 6.10. The molecule has 0 heterocycles. The highest BCUT2D eigenvalue weighted by molar-refractivity contribution is 9.10. The van der Waals surface area contributed by atoms with E-state index in [4.69, 9.17) is 0 Å². The summed E-state index contributed by atoms with van der Waals surface area (Å²) in [7, 11) is 5.63. The zero-order valence-corrected chi connectivity index (χ0v) is 11.9. The van der Waals surface area contributed by atoms with Crippen LogP contribution in [-0.2, 0) is 0 Å². The summed E-state index contributed by atoms with van der Waals surface area (Å²) in [6.07, 6.45) is 0. The largest absolute Gasteiger partial charge is 0.507 e. The molecule has 1 N–H and O–H groups in total. The number of aromatic hydroxyl groups is 1. The van der Waals surface area contributed by atoms with Gasteiger partial charge in [-0.05, 0) is 32.3 Å². The molecular weight excluding hydrogens is 284 g/mol. The Morgan fingerprint density at radius 1 is 1.29 bits per heavy atom. The van der Waals surface area contributed by atoms with Crippen molar-refractivity contribution >= 4 is 21.8 Å². The topological polar surface area (TPSA) is 43.8 Å². The highest BCUT2D eigenvalue weighted by atomic mass is 79.9. The Morgan fingerprint density at radius 2 is 1.94 bits per heavy atom. The minimum absolute atomic E-state index is 0.00917. The van der Waals surface area contributed by atoms with Crippen molar-refractivity contribution in [2.45, 2.75) is 0 Å². The number of phenols is 1. The number of likely N-dealkylation sites (N-methyl/N-ethyl adjacent to an activating group) is 2. The number of carbonyl (C=O) groups is 1. The maximum atomic E-state index is 12.1. The molecule has 0 unspecified atom stereocenters. The Labute approximate surface area is 110 Å². The smallest absolute Gasteiger partial charge is 0.257 e. The van der Waals surface area contributed by atoms with Crippen molar-refractivity contribution in [3.05, 3.63) is 28.2 Å². The van der Waals surface area contributed by atoms with Crippen LogP contribution in [0.25, 0.3) is 0 Å². The zero-order chi connectivity index (χ0) is 13.0. The van der Waals surface area contributed by atoms with Gasteiger partial charge >= 0.3 is 0 Å². The van der Waals surface area contributed by atoms with Crippen LogP contribution in [0, 0.1) is 0 Å². The lowest BCUT2D eigenvalue weighted by molar-refractivity contribution is 0.0783. The lowest BCUT2D eigenvalue weighted by atomic mass is 10.2. The molecule has 1 aromatic rings. The zero-order valence-electron chi connectivity index (χ0n) is 10.3. The van der Waals surface area contributed by atoms with E-state index in [0.29, 0.717) is 12.1 Å². The van der Waals surface area contributed by atoms with Gasteiger partial charge in [0.2, 0.25) is 0 Å². The number of hydrogen-bond acceptors (Lipinski definition) is 3. The summed E-state index contributed by atoms with van der Waals surface area (Å²) in [6, 6.07) is 4.84. The average molecular weight is 301 g/mol. The summed E-state index contributed by atoms with van der Waals surface area (Å²) < 4.78 is 0.777. The molecule has 0 aliphatic carbocycles. The van der Waals surface area contributed by atoms with Gasteiger partial charge in [-0.15, -0.1) is 0 Å². The average Bonchev–Trinajstić information content (AvgIpc) is 2.28. The summed E-state index contributed by atoms with van der Waals surface area (Å²) in [4.78, 5) is 15.7. The van der Waals surface area contributed by atoms with Crippen LogP contribution in [0.4, 0.5) is 0 Å². The molecular formula is C12H17BrN2O2. The van der Waals surface area contributed by atoms with E-state index in [1.54, 1.807) is 24.1 Å². The lowest BCUT2D eigenvalue weighted by Gasteiger charge is -2.20. The summed E-state index contributed by atoms with van der Waals surface area (Å²) >= 11 is 3.29. The molecule has 0 atom stereocenters. The summed E-state index contributed by atoms with van der Waals surface area (Å²) in [5.41, 5.74) is 0.320. The molecule has 0 saturated heterocycles. The van der Waals surface area contributed by atoms with E-state index >= 15 is 0 Å². The Balaban J connectivity index is 2.78. The van der Waals surface area contributed by atoms with Gasteiger partial charge in [-0.1, -0.05) is 15.9 Å². The van der Waals surface area contributed by atoms with Gasteiger partial charge in [0, 0.05) is 24.6 Å². The van der Waals surface area contributed by atoms with E-state index in [0.717, 1.165) is 11.0 Å². The van der Waals surface area contributed by atoms with Crippen molar-refractivity contribution in [1.29, 1.82) is 0 Å². The molecule has 0 aromatic heterocycles. The van der Waals surface area contributed by atoms with Gasteiger partial charge in [0.15, 0.2) is 0 Å². The molecule has 1 amide bonds. The predicted molar refractivity (Wildman–Crippen MR) is 71.3 cm³/mol. The number of rotatable bonds is 4. The predicted octanol–water partition coefficient (Wildman–Crippen LogP) is 1.79. The lowest BCUT2D eigenvalue weighted by Crippen LogP contribution is -2.33. The summed E-state index contributed by atoms with van der Waals surface area (Å²) in [6.45, 7) is 1.41. The molecule has 0 spiro atoms. The minimum atomic E-state index is -0.175. The molecule has 0 fully saturated rings. The normalized spacial score (nSPS) is 10.6. The molecule has 0 radical (unpaired) electrons. The van der Waals surface area contributed by atoms with Crippen LogP contribution in [0.5, 0.6) is 5.75 Å². The summed E-state index contributed by atoms with van der Waals surface area (Å²) in [5.74, 6) is -0.166. The molecule has 0 aliphatic heterocycles. The highest BCUT2D eigenvalue weighted by Gasteiger charge is 2.15. The van der Waals surface area contributed by atoms with E-state index < -0.39 is 0 Å². The Kier molecular flexibility index (Phi) is 4.96. The fourth-order valence-corrected chi connectivity index (χ4v) is 1.70. The Hall–Kier alpha value is -1.07. The van der Waals surface area contributed by atoms with Crippen LogP contribution >= 0.6 is 15.9 Å². The van der Waals surface area contributed by atoms with E-state index in [9.17, 15) is 9.90 Å². The van der Waals surface area contributed by atoms with E-state index in [1.165, 1.54) is 6.07 Å². The molecule has 0 aliphatic rings. The van der Waals surface area contributed by atoms with Crippen LogP contribution in [0.1, 0.15) is 10.4 Å². The van der Waals surface area contributed by atoms with Gasteiger partial charge in [-0.2, -0.15) is 0 Å². The van der Waals surface area contributed by atoms with E-state index in [-0.39, 0.29) is 11.7 Å². The fraction of sp³-hybridized carbons (Fsp3) is 0.417. The van der Waals surface area contributed by atoms with Crippen molar-refractivity contribution in [3.63, 3.8) is 0 Å². The quantitative estimate of drug-likeness (QED) is 0.922. The minimum Gasteiger partial charge on any atom is -0.507 e. The van der Waals surface area contributed by atoms with Crippen LogP contribution < -0.4 is 0 Å². The molecule has 0 bridgehead atoms. The third kappa shape index (κ3) is 4.02.